The van der Waals surface area contributed by atoms with Gasteiger partial charge in [0.2, 0.25) is 5.91 Å². The molecule has 1 amide bonds. The standard InChI is InChI=1S/C9H18N2O3/c1-4-7(10)9(14)11(6(2)3)5-8(12)13/h6-7H,4-5,10H2,1-3H3,(H,12,13). The number of carbonyl (C=O) groups is 2. The summed E-state index contributed by atoms with van der Waals surface area (Å²) in [5, 5.41) is 8.60. The van der Waals surface area contributed by atoms with Crippen molar-refractivity contribution in [3.05, 3.63) is 0 Å². The smallest absolute Gasteiger partial charge is 0.323 e. The molecule has 0 aliphatic carbocycles. The molecule has 0 radical (unpaired) electrons. The number of nitrogens with two attached hydrogens (primary N) is 1. The Bertz CT molecular complexity index is 216. The van der Waals surface area contributed by atoms with Crippen LogP contribution in [0.4, 0.5) is 0 Å². The highest BCUT2D eigenvalue weighted by Gasteiger charge is 2.23. The largest absolute Gasteiger partial charge is 0.480 e. The molecule has 1 atom stereocenters. The average molecular weight is 202 g/mol. The van der Waals surface area contributed by atoms with Gasteiger partial charge in [0.1, 0.15) is 6.54 Å². The second-order valence-corrected chi connectivity index (χ2v) is 3.47. The van der Waals surface area contributed by atoms with E-state index < -0.39 is 12.0 Å². The average Bonchev–Trinajstić information content (AvgIpc) is 2.11. The number of aliphatic carboxylic acids is 1. The molecule has 0 saturated heterocycles. The van der Waals surface area contributed by atoms with Gasteiger partial charge in [0.25, 0.3) is 0 Å². The van der Waals surface area contributed by atoms with Crippen molar-refractivity contribution in [1.29, 1.82) is 0 Å². The van der Waals surface area contributed by atoms with Crippen LogP contribution in [0.3, 0.4) is 0 Å². The zero-order chi connectivity index (χ0) is 11.3. The van der Waals surface area contributed by atoms with Gasteiger partial charge in [0.05, 0.1) is 6.04 Å². The Labute approximate surface area is 83.9 Å². The number of hydrogen-bond donors (Lipinski definition) is 2. The van der Waals surface area contributed by atoms with Crippen LogP contribution in [-0.2, 0) is 9.59 Å². The summed E-state index contributed by atoms with van der Waals surface area (Å²) in [4.78, 5) is 23.4. The maximum Gasteiger partial charge on any atom is 0.323 e. The number of nitrogens with zero attached hydrogens (tertiary/aromatic N) is 1. The molecule has 14 heavy (non-hydrogen) atoms. The van der Waals surface area contributed by atoms with Gasteiger partial charge in [-0.2, -0.15) is 0 Å². The Balaban J connectivity index is 4.49. The van der Waals surface area contributed by atoms with Gasteiger partial charge < -0.3 is 15.7 Å². The lowest BCUT2D eigenvalue weighted by molar-refractivity contribution is -0.146. The summed E-state index contributed by atoms with van der Waals surface area (Å²) >= 11 is 0. The molecule has 5 nitrogen and oxygen atoms in total. The van der Waals surface area contributed by atoms with Crippen molar-refractivity contribution >= 4 is 11.9 Å². The summed E-state index contributed by atoms with van der Waals surface area (Å²) in [7, 11) is 0. The van der Waals surface area contributed by atoms with Gasteiger partial charge in [-0.15, -0.1) is 0 Å². The quantitative estimate of drug-likeness (QED) is 0.659. The molecule has 0 heterocycles. The Morgan fingerprint density at radius 1 is 1.43 bits per heavy atom. The van der Waals surface area contributed by atoms with Crippen molar-refractivity contribution in [1.82, 2.24) is 4.90 Å². The van der Waals surface area contributed by atoms with Gasteiger partial charge in [-0.1, -0.05) is 6.92 Å². The predicted molar refractivity (Wildman–Crippen MR) is 52.8 cm³/mol. The number of hydrogen-bond acceptors (Lipinski definition) is 3. The van der Waals surface area contributed by atoms with Crippen LogP contribution in [0, 0.1) is 0 Å². The van der Waals surface area contributed by atoms with E-state index in [4.69, 9.17) is 10.8 Å². The summed E-state index contributed by atoms with van der Waals surface area (Å²) in [6.45, 7) is 5.04. The molecule has 82 valence electrons. The van der Waals surface area contributed by atoms with E-state index in [-0.39, 0.29) is 18.5 Å². The van der Waals surface area contributed by atoms with Crippen LogP contribution in [-0.4, -0.2) is 40.5 Å². The van der Waals surface area contributed by atoms with Crippen LogP contribution in [0.15, 0.2) is 0 Å². The highest BCUT2D eigenvalue weighted by Crippen LogP contribution is 2.02. The molecule has 0 aromatic heterocycles. The summed E-state index contributed by atoms with van der Waals surface area (Å²) in [5.41, 5.74) is 5.55. The first kappa shape index (κ1) is 12.9. The molecule has 0 aliphatic heterocycles. The van der Waals surface area contributed by atoms with Crippen molar-refractivity contribution in [2.75, 3.05) is 6.54 Å². The molecular weight excluding hydrogens is 184 g/mol. The van der Waals surface area contributed by atoms with Crippen LogP contribution >= 0.6 is 0 Å². The molecule has 0 aromatic rings. The minimum Gasteiger partial charge on any atom is -0.480 e. The number of carboxylic acids is 1. The van der Waals surface area contributed by atoms with Crippen LogP contribution < -0.4 is 5.73 Å². The van der Waals surface area contributed by atoms with Gasteiger partial charge in [-0.3, -0.25) is 9.59 Å². The van der Waals surface area contributed by atoms with Crippen molar-refractivity contribution in [2.24, 2.45) is 5.73 Å². The third-order valence-electron chi connectivity index (χ3n) is 1.97. The van der Waals surface area contributed by atoms with Crippen LogP contribution in [0.5, 0.6) is 0 Å². The van der Waals surface area contributed by atoms with Gasteiger partial charge in [0, 0.05) is 6.04 Å². The van der Waals surface area contributed by atoms with Gasteiger partial charge in [0.15, 0.2) is 0 Å². The molecule has 0 rings (SSSR count). The summed E-state index contributed by atoms with van der Waals surface area (Å²) in [6, 6.07) is -0.743. The van der Waals surface area contributed by atoms with Crippen LogP contribution in [0.1, 0.15) is 27.2 Å². The van der Waals surface area contributed by atoms with E-state index in [1.54, 1.807) is 20.8 Å². The van der Waals surface area contributed by atoms with E-state index in [0.29, 0.717) is 6.42 Å². The summed E-state index contributed by atoms with van der Waals surface area (Å²) < 4.78 is 0. The highest BCUT2D eigenvalue weighted by molar-refractivity contribution is 5.85. The maximum atomic E-state index is 11.6. The summed E-state index contributed by atoms with van der Waals surface area (Å²) in [5.74, 6) is -1.32. The number of amides is 1. The molecule has 0 bridgehead atoms. The molecule has 0 aromatic carbocycles. The minimum atomic E-state index is -1.02. The SMILES string of the molecule is CCC(N)C(=O)N(CC(=O)O)C(C)C. The molecule has 1 unspecified atom stereocenters. The number of carboxylic acid groups (broad SMARTS) is 1. The van der Waals surface area contributed by atoms with E-state index in [9.17, 15) is 9.59 Å². The maximum absolute atomic E-state index is 11.6. The molecule has 5 heteroatoms. The molecule has 0 saturated carbocycles. The fourth-order valence-corrected chi connectivity index (χ4v) is 1.05. The topological polar surface area (TPSA) is 83.6 Å². The molecule has 0 spiro atoms. The Morgan fingerprint density at radius 3 is 2.21 bits per heavy atom. The van der Waals surface area contributed by atoms with E-state index >= 15 is 0 Å². The van der Waals surface area contributed by atoms with E-state index in [1.165, 1.54) is 4.90 Å². The van der Waals surface area contributed by atoms with Crippen LogP contribution in [0.2, 0.25) is 0 Å². The monoisotopic (exact) mass is 202 g/mol. The van der Waals surface area contributed by atoms with E-state index in [0.717, 1.165) is 0 Å². The first-order chi connectivity index (χ1) is 6.40. The van der Waals surface area contributed by atoms with Gasteiger partial charge >= 0.3 is 5.97 Å². The van der Waals surface area contributed by atoms with Gasteiger partial charge in [-0.05, 0) is 20.3 Å². The Kier molecular flexibility index (Phi) is 5.15. The summed E-state index contributed by atoms with van der Waals surface area (Å²) in [6.07, 6.45) is 0.516. The molecule has 0 fully saturated rings. The molecule has 3 N–H and O–H groups in total. The molecule has 0 aliphatic rings. The van der Waals surface area contributed by atoms with Crippen molar-refractivity contribution in [3.63, 3.8) is 0 Å². The number of carbonyl (C=O) groups excluding carboxylic acids is 1. The fraction of sp³-hybridized carbons (Fsp3) is 0.778. The Hall–Kier alpha value is -1.10. The minimum absolute atomic E-state index is 0.142. The second-order valence-electron chi connectivity index (χ2n) is 3.47. The third kappa shape index (κ3) is 3.74. The van der Waals surface area contributed by atoms with E-state index in [1.807, 2.05) is 0 Å². The predicted octanol–water partition coefficient (Wildman–Crippen LogP) is 0.0453. The second kappa shape index (κ2) is 5.59. The Morgan fingerprint density at radius 2 is 1.93 bits per heavy atom. The zero-order valence-corrected chi connectivity index (χ0v) is 8.86. The highest BCUT2D eigenvalue weighted by atomic mass is 16.4. The normalized spacial score (nSPS) is 12.6. The van der Waals surface area contributed by atoms with Crippen molar-refractivity contribution in [2.45, 2.75) is 39.3 Å². The van der Waals surface area contributed by atoms with Gasteiger partial charge in [-0.25, -0.2) is 0 Å². The third-order valence-corrected chi connectivity index (χ3v) is 1.97. The van der Waals surface area contributed by atoms with Crippen molar-refractivity contribution in [3.8, 4) is 0 Å². The lowest BCUT2D eigenvalue weighted by atomic mass is 10.2. The van der Waals surface area contributed by atoms with E-state index in [2.05, 4.69) is 0 Å². The fourth-order valence-electron chi connectivity index (χ4n) is 1.05. The molecular formula is C9H18N2O3. The lowest BCUT2D eigenvalue weighted by Gasteiger charge is -2.27. The first-order valence-electron chi connectivity index (χ1n) is 4.68. The first-order valence-corrected chi connectivity index (χ1v) is 4.68. The van der Waals surface area contributed by atoms with Crippen molar-refractivity contribution < 1.29 is 14.7 Å². The number of rotatable bonds is 5. The zero-order valence-electron chi connectivity index (χ0n) is 8.86. The lowest BCUT2D eigenvalue weighted by Crippen LogP contribution is -2.48. The van der Waals surface area contributed by atoms with Crippen LogP contribution in [0.25, 0.3) is 0 Å².